The summed E-state index contributed by atoms with van der Waals surface area (Å²) in [5.74, 6) is 6.55. The average Bonchev–Trinajstić information content (AvgIpc) is 2.50. The summed E-state index contributed by atoms with van der Waals surface area (Å²) in [6, 6.07) is 10.0. The van der Waals surface area contributed by atoms with Gasteiger partial charge >= 0.3 is 0 Å². The lowest BCUT2D eigenvalue weighted by molar-refractivity contribution is 0.398. The first kappa shape index (κ1) is 14.8. The van der Waals surface area contributed by atoms with Crippen molar-refractivity contribution in [2.45, 2.75) is 10.9 Å². The van der Waals surface area contributed by atoms with Gasteiger partial charge in [0.05, 0.1) is 13.2 Å². The van der Waals surface area contributed by atoms with Gasteiger partial charge < -0.3 is 4.74 Å². The number of hydrogen-bond donors (Lipinski definition) is 2. The van der Waals surface area contributed by atoms with Crippen LogP contribution >= 0.6 is 11.8 Å². The van der Waals surface area contributed by atoms with Crippen LogP contribution in [0.5, 0.6) is 5.75 Å². The molecule has 0 amide bonds. The molecule has 0 spiro atoms. The molecular weight excluding hydrogens is 277 g/mol. The molecule has 1 unspecified atom stereocenters. The molecule has 1 aromatic heterocycles. The number of nitrogens with one attached hydrogen (secondary N) is 1. The molecule has 2 aromatic rings. The smallest absolute Gasteiger partial charge is 0.142 e. The van der Waals surface area contributed by atoms with Crippen LogP contribution < -0.4 is 16.0 Å². The Hall–Kier alpha value is -1.63. The van der Waals surface area contributed by atoms with Crippen LogP contribution in [-0.2, 0) is 0 Å². The van der Waals surface area contributed by atoms with Crippen LogP contribution in [0.4, 0.5) is 4.39 Å². The zero-order chi connectivity index (χ0) is 14.4. The molecule has 1 heterocycles. The molecule has 0 bridgehead atoms. The first-order valence-electron chi connectivity index (χ1n) is 6.08. The number of pyridine rings is 1. The topological polar surface area (TPSA) is 60.2 Å². The van der Waals surface area contributed by atoms with Gasteiger partial charge in [-0.05, 0) is 24.3 Å². The lowest BCUT2D eigenvalue weighted by Gasteiger charge is -2.17. The van der Waals surface area contributed by atoms with Crippen molar-refractivity contribution in [3.05, 3.63) is 54.1 Å². The number of aromatic nitrogens is 1. The van der Waals surface area contributed by atoms with Gasteiger partial charge in [-0.3, -0.25) is 16.3 Å². The van der Waals surface area contributed by atoms with Crippen LogP contribution in [0.1, 0.15) is 11.7 Å². The van der Waals surface area contributed by atoms with E-state index in [-0.39, 0.29) is 11.9 Å². The van der Waals surface area contributed by atoms with Crippen LogP contribution in [0.25, 0.3) is 0 Å². The molecule has 0 aliphatic heterocycles. The average molecular weight is 293 g/mol. The summed E-state index contributed by atoms with van der Waals surface area (Å²) < 4.78 is 18.8. The SMILES string of the molecule is COc1cccnc1C(CSc1ccccc1F)NN. The van der Waals surface area contributed by atoms with E-state index in [1.807, 2.05) is 6.07 Å². The van der Waals surface area contributed by atoms with Gasteiger partial charge in [0, 0.05) is 16.8 Å². The number of halogens is 1. The van der Waals surface area contributed by atoms with Gasteiger partial charge in [0.15, 0.2) is 0 Å². The Morgan fingerprint density at radius 3 is 2.85 bits per heavy atom. The normalized spacial score (nSPS) is 12.2. The fourth-order valence-corrected chi connectivity index (χ4v) is 2.76. The number of methoxy groups -OCH3 is 1. The Balaban J connectivity index is 2.11. The van der Waals surface area contributed by atoms with E-state index in [1.165, 1.54) is 17.8 Å². The van der Waals surface area contributed by atoms with Gasteiger partial charge in [-0.2, -0.15) is 0 Å². The van der Waals surface area contributed by atoms with Crippen molar-refractivity contribution in [1.29, 1.82) is 0 Å². The maximum Gasteiger partial charge on any atom is 0.142 e. The molecule has 0 radical (unpaired) electrons. The van der Waals surface area contributed by atoms with Crippen molar-refractivity contribution in [3.8, 4) is 5.75 Å². The van der Waals surface area contributed by atoms with Crippen LogP contribution in [0.2, 0.25) is 0 Å². The lowest BCUT2D eigenvalue weighted by atomic mass is 10.2. The summed E-state index contributed by atoms with van der Waals surface area (Å²) in [7, 11) is 1.58. The molecule has 0 saturated heterocycles. The van der Waals surface area contributed by atoms with Crippen LogP contribution in [0.15, 0.2) is 47.5 Å². The number of rotatable bonds is 6. The number of benzene rings is 1. The Kier molecular flexibility index (Phi) is 5.34. The van der Waals surface area contributed by atoms with E-state index in [4.69, 9.17) is 10.6 Å². The highest BCUT2D eigenvalue weighted by molar-refractivity contribution is 7.99. The molecule has 0 aliphatic rings. The van der Waals surface area contributed by atoms with E-state index in [1.54, 1.807) is 37.6 Å². The molecule has 0 fully saturated rings. The summed E-state index contributed by atoms with van der Waals surface area (Å²) in [6.45, 7) is 0. The second-order valence-electron chi connectivity index (χ2n) is 4.05. The predicted molar refractivity (Wildman–Crippen MR) is 78.0 cm³/mol. The van der Waals surface area contributed by atoms with Crippen LogP contribution in [0.3, 0.4) is 0 Å². The van der Waals surface area contributed by atoms with Crippen molar-refractivity contribution in [1.82, 2.24) is 10.4 Å². The van der Waals surface area contributed by atoms with E-state index in [9.17, 15) is 4.39 Å². The maximum atomic E-state index is 13.6. The summed E-state index contributed by atoms with van der Waals surface area (Å²) in [5, 5.41) is 0. The third-order valence-corrected chi connectivity index (χ3v) is 3.94. The summed E-state index contributed by atoms with van der Waals surface area (Å²) >= 11 is 1.38. The third-order valence-electron chi connectivity index (χ3n) is 2.79. The van der Waals surface area contributed by atoms with Crippen molar-refractivity contribution < 1.29 is 9.13 Å². The summed E-state index contributed by atoms with van der Waals surface area (Å²) in [4.78, 5) is 4.87. The molecule has 3 N–H and O–H groups in total. The second-order valence-corrected chi connectivity index (χ2v) is 5.11. The molecule has 1 atom stereocenters. The van der Waals surface area contributed by atoms with Gasteiger partial charge in [-0.1, -0.05) is 12.1 Å². The molecule has 20 heavy (non-hydrogen) atoms. The van der Waals surface area contributed by atoms with Gasteiger partial charge in [0.25, 0.3) is 0 Å². The molecule has 2 rings (SSSR count). The summed E-state index contributed by atoms with van der Waals surface area (Å²) in [6.07, 6.45) is 1.68. The van der Waals surface area contributed by atoms with Crippen LogP contribution in [-0.4, -0.2) is 17.8 Å². The molecule has 0 saturated carbocycles. The van der Waals surface area contributed by atoms with E-state index >= 15 is 0 Å². The Morgan fingerprint density at radius 2 is 2.15 bits per heavy atom. The molecule has 0 aliphatic carbocycles. The van der Waals surface area contributed by atoms with Gasteiger partial charge in [0.2, 0.25) is 0 Å². The standard InChI is InChI=1S/C14H16FN3OS/c1-19-12-6-4-8-17-14(12)11(18-16)9-20-13-7-3-2-5-10(13)15/h2-8,11,18H,9,16H2,1H3. The molecule has 1 aromatic carbocycles. The molecule has 4 nitrogen and oxygen atoms in total. The number of thioether (sulfide) groups is 1. The Morgan fingerprint density at radius 1 is 1.35 bits per heavy atom. The quantitative estimate of drug-likeness (QED) is 0.487. The zero-order valence-corrected chi connectivity index (χ0v) is 11.9. The van der Waals surface area contributed by atoms with Gasteiger partial charge in [-0.25, -0.2) is 4.39 Å². The minimum Gasteiger partial charge on any atom is -0.495 e. The number of hydrazine groups is 1. The first-order valence-corrected chi connectivity index (χ1v) is 7.07. The predicted octanol–water partition coefficient (Wildman–Crippen LogP) is 2.53. The molecular formula is C14H16FN3OS. The lowest BCUT2D eigenvalue weighted by Crippen LogP contribution is -2.30. The van der Waals surface area contributed by atoms with E-state index in [0.717, 1.165) is 0 Å². The highest BCUT2D eigenvalue weighted by Crippen LogP contribution is 2.29. The monoisotopic (exact) mass is 293 g/mol. The number of ether oxygens (including phenoxy) is 1. The number of nitrogens with two attached hydrogens (primary N) is 1. The van der Waals surface area contributed by atoms with Crippen molar-refractivity contribution in [2.75, 3.05) is 12.9 Å². The summed E-state index contributed by atoms with van der Waals surface area (Å²) in [5.41, 5.74) is 3.41. The van der Waals surface area contributed by atoms with Gasteiger partial charge in [-0.15, -0.1) is 11.8 Å². The zero-order valence-electron chi connectivity index (χ0n) is 11.0. The number of nitrogens with zero attached hydrogens (tertiary/aromatic N) is 1. The number of hydrogen-bond acceptors (Lipinski definition) is 5. The highest BCUT2D eigenvalue weighted by atomic mass is 32.2. The molecule has 6 heteroatoms. The van der Waals surface area contributed by atoms with Crippen molar-refractivity contribution in [3.63, 3.8) is 0 Å². The minimum absolute atomic E-state index is 0.226. The van der Waals surface area contributed by atoms with Crippen LogP contribution in [0, 0.1) is 5.82 Å². The van der Waals surface area contributed by atoms with Crippen molar-refractivity contribution in [2.24, 2.45) is 5.84 Å². The minimum atomic E-state index is -0.235. The second kappa shape index (κ2) is 7.23. The van der Waals surface area contributed by atoms with Gasteiger partial charge in [0.1, 0.15) is 17.3 Å². The fraction of sp³-hybridized carbons (Fsp3) is 0.214. The largest absolute Gasteiger partial charge is 0.495 e. The fourth-order valence-electron chi connectivity index (χ4n) is 1.78. The maximum absolute atomic E-state index is 13.6. The third kappa shape index (κ3) is 3.47. The first-order chi connectivity index (χ1) is 9.76. The Labute approximate surface area is 121 Å². The highest BCUT2D eigenvalue weighted by Gasteiger charge is 2.17. The van der Waals surface area contributed by atoms with E-state index in [0.29, 0.717) is 22.1 Å². The van der Waals surface area contributed by atoms with E-state index < -0.39 is 0 Å². The van der Waals surface area contributed by atoms with E-state index in [2.05, 4.69) is 10.4 Å². The van der Waals surface area contributed by atoms with Crippen molar-refractivity contribution >= 4 is 11.8 Å². The molecule has 106 valence electrons. The Bertz CT molecular complexity index is 568.